The molecule has 1 saturated heterocycles. The van der Waals surface area contributed by atoms with Crippen LogP contribution in [0, 0.1) is 5.92 Å². The quantitative estimate of drug-likeness (QED) is 0.138. The molecule has 0 bridgehead atoms. The Bertz CT molecular complexity index is 1030. The Labute approximate surface area is 252 Å². The molecular formula is C29H49ClN4O4S2. The minimum absolute atomic E-state index is 0. The van der Waals surface area contributed by atoms with Crippen molar-refractivity contribution >= 4 is 51.8 Å². The molecule has 1 fully saturated rings. The predicted molar refractivity (Wildman–Crippen MR) is 174 cm³/mol. The third kappa shape index (κ3) is 10.7. The highest BCUT2D eigenvalue weighted by Crippen LogP contribution is 2.50. The van der Waals surface area contributed by atoms with Crippen molar-refractivity contribution in [3.05, 3.63) is 46.2 Å². The number of nitrogens with zero attached hydrogens (tertiary/aromatic N) is 1. The second-order valence-corrected chi connectivity index (χ2v) is 14.2. The maximum Gasteiger partial charge on any atom is 0.251 e. The van der Waals surface area contributed by atoms with E-state index in [2.05, 4.69) is 36.7 Å². The van der Waals surface area contributed by atoms with Crippen molar-refractivity contribution in [1.29, 1.82) is 0 Å². The zero-order valence-electron chi connectivity index (χ0n) is 24.3. The van der Waals surface area contributed by atoms with Gasteiger partial charge in [0.25, 0.3) is 5.91 Å². The molecule has 0 saturated carbocycles. The Balaban J connectivity index is 0.00000560. The third-order valence-electron chi connectivity index (χ3n) is 7.11. The van der Waals surface area contributed by atoms with E-state index in [4.69, 9.17) is 0 Å². The molecule has 0 aliphatic carbocycles. The van der Waals surface area contributed by atoms with E-state index in [1.165, 1.54) is 6.42 Å². The van der Waals surface area contributed by atoms with Gasteiger partial charge in [-0.05, 0) is 68.7 Å². The van der Waals surface area contributed by atoms with Gasteiger partial charge in [0.05, 0.1) is 23.6 Å². The molecule has 1 unspecified atom stereocenters. The molecule has 6 N–H and O–H groups in total. The smallest absolute Gasteiger partial charge is 0.251 e. The highest BCUT2D eigenvalue weighted by molar-refractivity contribution is 8.25. The molecule has 11 heteroatoms. The van der Waals surface area contributed by atoms with Crippen molar-refractivity contribution in [2.24, 2.45) is 5.92 Å². The summed E-state index contributed by atoms with van der Waals surface area (Å²) in [5.74, 6) is 0.718. The van der Waals surface area contributed by atoms with Gasteiger partial charge in [-0.1, -0.05) is 32.8 Å². The first kappa shape index (κ1) is 34.7. The zero-order valence-corrected chi connectivity index (χ0v) is 26.7. The highest BCUT2D eigenvalue weighted by atomic mass is 35.5. The second kappa shape index (κ2) is 16.8. The second-order valence-electron chi connectivity index (χ2n) is 11.0. The van der Waals surface area contributed by atoms with Crippen LogP contribution in [0.1, 0.15) is 75.0 Å². The van der Waals surface area contributed by atoms with Gasteiger partial charge in [0.2, 0.25) is 0 Å². The number of nitrogens with one attached hydrogen (secondary N) is 3. The Morgan fingerprint density at radius 3 is 2.58 bits per heavy atom. The van der Waals surface area contributed by atoms with Gasteiger partial charge in [0.1, 0.15) is 0 Å². The molecule has 2 aromatic rings. The van der Waals surface area contributed by atoms with Crippen LogP contribution in [0.3, 0.4) is 0 Å². The summed E-state index contributed by atoms with van der Waals surface area (Å²) in [5.41, 5.74) is 1.78. The van der Waals surface area contributed by atoms with Crippen molar-refractivity contribution in [2.45, 2.75) is 84.4 Å². The average Bonchev–Trinajstić information content (AvgIpc) is 3.39. The van der Waals surface area contributed by atoms with E-state index < -0.39 is 22.9 Å². The molecule has 0 spiro atoms. The molecule has 2 heterocycles. The maximum atomic E-state index is 13.6. The minimum Gasteiger partial charge on any atom is -0.390 e. The number of aliphatic hydroxyl groups is 1. The number of amides is 1. The molecule has 3 rings (SSSR count). The molecule has 1 amide bonds. The molecule has 40 heavy (non-hydrogen) atoms. The summed E-state index contributed by atoms with van der Waals surface area (Å²) in [6.07, 6.45) is 4.76. The fraction of sp³-hybridized carbons (Fsp3) is 0.621. The van der Waals surface area contributed by atoms with Gasteiger partial charge in [0.15, 0.2) is 0 Å². The standard InChI is InChI=1S/C29H48N4O4S2.ClH/c1-5-30-24-16-23(17-25(18-24)33-13-6-7-15-39(33,36)37)29(35)32-27(19-26-12-9-14-38-26)28(34)20-31-22(4)11-8-10-21(2)3;/h9,12,14,16-18,21-22,27-28,30-31,34,36-37H,5-8,10-11,13,15,19-20H2,1-4H3,(H,32,35);1H/t22?,27-,28+;/m0./s1. The summed E-state index contributed by atoms with van der Waals surface area (Å²) >= 11 is 1.61. The fourth-order valence-electron chi connectivity index (χ4n) is 4.88. The Hall–Kier alpha value is -1.53. The van der Waals surface area contributed by atoms with Crippen LogP contribution in [-0.2, 0) is 6.42 Å². The summed E-state index contributed by atoms with van der Waals surface area (Å²) in [6.45, 7) is 10.2. The van der Waals surface area contributed by atoms with E-state index in [-0.39, 0.29) is 24.4 Å². The number of halogens is 1. The van der Waals surface area contributed by atoms with Crippen LogP contribution in [0.4, 0.5) is 11.4 Å². The van der Waals surface area contributed by atoms with Gasteiger partial charge in [-0.15, -0.1) is 34.5 Å². The Morgan fingerprint density at radius 1 is 1.15 bits per heavy atom. The molecule has 3 atom stereocenters. The van der Waals surface area contributed by atoms with Crippen LogP contribution in [-0.4, -0.2) is 63.7 Å². The van der Waals surface area contributed by atoms with E-state index in [9.17, 15) is 19.0 Å². The topological polar surface area (TPSA) is 117 Å². The van der Waals surface area contributed by atoms with Crippen LogP contribution in [0.25, 0.3) is 0 Å². The lowest BCUT2D eigenvalue weighted by Gasteiger charge is -2.47. The largest absolute Gasteiger partial charge is 0.390 e. The molecular weight excluding hydrogens is 568 g/mol. The molecule has 0 radical (unpaired) electrons. The van der Waals surface area contributed by atoms with Crippen molar-refractivity contribution < 1.29 is 19.0 Å². The van der Waals surface area contributed by atoms with Gasteiger partial charge in [0, 0.05) is 48.2 Å². The van der Waals surface area contributed by atoms with E-state index in [1.54, 1.807) is 27.8 Å². The monoisotopic (exact) mass is 616 g/mol. The third-order valence-corrected chi connectivity index (χ3v) is 9.94. The molecule has 1 aliphatic heterocycles. The summed E-state index contributed by atoms with van der Waals surface area (Å²) in [7, 11) is -2.92. The summed E-state index contributed by atoms with van der Waals surface area (Å²) in [6, 6.07) is 9.16. The van der Waals surface area contributed by atoms with Gasteiger partial charge >= 0.3 is 0 Å². The average molecular weight is 617 g/mol. The summed E-state index contributed by atoms with van der Waals surface area (Å²) < 4.78 is 23.0. The Kier molecular flexibility index (Phi) is 14.6. The van der Waals surface area contributed by atoms with Crippen LogP contribution in [0.15, 0.2) is 35.7 Å². The van der Waals surface area contributed by atoms with E-state index in [0.29, 0.717) is 49.0 Å². The predicted octanol–water partition coefficient (Wildman–Crippen LogP) is 6.37. The van der Waals surface area contributed by atoms with Crippen LogP contribution in [0.2, 0.25) is 0 Å². The fourth-order valence-corrected chi connectivity index (χ4v) is 7.32. The van der Waals surface area contributed by atoms with Gasteiger partial charge in [-0.3, -0.25) is 18.2 Å². The molecule has 1 aromatic carbocycles. The highest BCUT2D eigenvalue weighted by Gasteiger charge is 2.29. The van der Waals surface area contributed by atoms with E-state index in [0.717, 1.165) is 36.2 Å². The van der Waals surface area contributed by atoms with Crippen molar-refractivity contribution in [3.63, 3.8) is 0 Å². The number of benzene rings is 1. The number of anilines is 2. The number of rotatable bonds is 15. The number of carbonyl (C=O) groups is 1. The van der Waals surface area contributed by atoms with Crippen molar-refractivity contribution in [1.82, 2.24) is 10.6 Å². The SMILES string of the molecule is CCNc1cc(C(=O)N[C@@H](Cc2cccs2)[C@H](O)CNC(C)CCCC(C)C)cc(N2CCCCS2(O)O)c1.Cl. The number of aliphatic hydroxyl groups excluding tert-OH is 1. The number of hydrogen-bond donors (Lipinski definition) is 6. The lowest BCUT2D eigenvalue weighted by Crippen LogP contribution is -2.49. The van der Waals surface area contributed by atoms with E-state index >= 15 is 0 Å². The van der Waals surface area contributed by atoms with Gasteiger partial charge in [-0.25, -0.2) is 0 Å². The maximum absolute atomic E-state index is 13.6. The van der Waals surface area contributed by atoms with Crippen LogP contribution >= 0.6 is 34.5 Å². The summed E-state index contributed by atoms with van der Waals surface area (Å²) in [4.78, 5) is 14.7. The van der Waals surface area contributed by atoms with Crippen LogP contribution in [0.5, 0.6) is 0 Å². The normalized spacial score (nSPS) is 17.9. The lowest BCUT2D eigenvalue weighted by atomic mass is 10.0. The number of hydrogen-bond acceptors (Lipinski definition) is 8. The minimum atomic E-state index is -2.92. The molecule has 1 aliphatic rings. The zero-order chi connectivity index (χ0) is 28.4. The first-order valence-electron chi connectivity index (χ1n) is 14.3. The van der Waals surface area contributed by atoms with Gasteiger partial charge in [-0.2, -0.15) is 0 Å². The number of thiophene rings is 1. The van der Waals surface area contributed by atoms with Crippen molar-refractivity contribution in [3.8, 4) is 0 Å². The first-order chi connectivity index (χ1) is 18.6. The number of carbonyl (C=O) groups excluding carboxylic acids is 1. The summed E-state index contributed by atoms with van der Waals surface area (Å²) in [5, 5.41) is 23.0. The molecule has 228 valence electrons. The van der Waals surface area contributed by atoms with Gasteiger partial charge < -0.3 is 21.1 Å². The Morgan fingerprint density at radius 2 is 1.93 bits per heavy atom. The van der Waals surface area contributed by atoms with E-state index in [1.807, 2.05) is 30.5 Å². The van der Waals surface area contributed by atoms with Crippen molar-refractivity contribution in [2.75, 3.05) is 35.0 Å². The van der Waals surface area contributed by atoms with Crippen LogP contribution < -0.4 is 20.3 Å². The molecule has 1 aromatic heterocycles. The lowest BCUT2D eigenvalue weighted by molar-refractivity contribution is 0.0826. The first-order valence-corrected chi connectivity index (χ1v) is 16.8. The molecule has 8 nitrogen and oxygen atoms in total.